The molecule has 30 heavy (non-hydrogen) atoms. The highest BCUT2D eigenvalue weighted by Crippen LogP contribution is 2.28. The normalized spacial score (nSPS) is 15.8. The molecular formula is C24H29N5O. The van der Waals surface area contributed by atoms with Crippen molar-refractivity contribution in [2.24, 2.45) is 7.05 Å². The molecule has 0 bridgehead atoms. The van der Waals surface area contributed by atoms with Gasteiger partial charge in [0, 0.05) is 31.1 Å². The van der Waals surface area contributed by atoms with Crippen LogP contribution in [0.15, 0.2) is 42.1 Å². The maximum Gasteiger partial charge on any atom is 0.253 e. The van der Waals surface area contributed by atoms with Gasteiger partial charge in [0.05, 0.1) is 17.4 Å². The summed E-state index contributed by atoms with van der Waals surface area (Å²) < 4.78 is 1.84. The van der Waals surface area contributed by atoms with Crippen LogP contribution in [-0.4, -0.2) is 43.6 Å². The lowest BCUT2D eigenvalue weighted by atomic mass is 10.1. The molecule has 1 N–H and O–H groups in total. The van der Waals surface area contributed by atoms with Crippen LogP contribution in [0.1, 0.15) is 55.7 Å². The van der Waals surface area contributed by atoms with Gasteiger partial charge in [-0.2, -0.15) is 5.10 Å². The molecule has 1 aliphatic rings. The van der Waals surface area contributed by atoms with Gasteiger partial charge in [-0.15, -0.1) is 0 Å². The molecule has 0 saturated carbocycles. The fourth-order valence-electron chi connectivity index (χ4n) is 3.89. The highest BCUT2D eigenvalue weighted by atomic mass is 16.2. The van der Waals surface area contributed by atoms with E-state index in [9.17, 15) is 4.79 Å². The van der Waals surface area contributed by atoms with Crippen LogP contribution in [0.2, 0.25) is 0 Å². The van der Waals surface area contributed by atoms with Crippen LogP contribution in [0.3, 0.4) is 0 Å². The van der Waals surface area contributed by atoms with Crippen LogP contribution in [0.25, 0.3) is 28.4 Å². The summed E-state index contributed by atoms with van der Waals surface area (Å²) in [4.78, 5) is 22.8. The van der Waals surface area contributed by atoms with E-state index in [1.165, 1.54) is 18.4 Å². The first-order valence-corrected chi connectivity index (χ1v) is 10.7. The summed E-state index contributed by atoms with van der Waals surface area (Å²) in [6.45, 7) is 5.77. The third kappa shape index (κ3) is 4.08. The third-order valence-corrected chi connectivity index (χ3v) is 5.80. The van der Waals surface area contributed by atoms with Crippen molar-refractivity contribution in [3.05, 3.63) is 53.5 Å². The summed E-state index contributed by atoms with van der Waals surface area (Å²) in [5.41, 5.74) is 4.56. The monoisotopic (exact) mass is 403 g/mol. The second-order valence-corrected chi connectivity index (χ2v) is 7.96. The van der Waals surface area contributed by atoms with Crippen LogP contribution in [0.4, 0.5) is 0 Å². The summed E-state index contributed by atoms with van der Waals surface area (Å²) >= 11 is 0. The van der Waals surface area contributed by atoms with Gasteiger partial charge in [0.1, 0.15) is 11.5 Å². The number of hydrogen-bond acceptors (Lipinski definition) is 3. The molecule has 1 fully saturated rings. The largest absolute Gasteiger partial charge is 0.339 e. The first-order chi connectivity index (χ1) is 14.6. The highest BCUT2D eigenvalue weighted by Gasteiger charge is 2.19. The van der Waals surface area contributed by atoms with E-state index >= 15 is 0 Å². The van der Waals surface area contributed by atoms with Crippen LogP contribution in [0.5, 0.6) is 0 Å². The summed E-state index contributed by atoms with van der Waals surface area (Å²) in [6, 6.07) is 5.89. The first kappa shape index (κ1) is 20.1. The molecule has 0 aliphatic carbocycles. The predicted molar refractivity (Wildman–Crippen MR) is 121 cm³/mol. The second-order valence-electron chi connectivity index (χ2n) is 7.96. The Kier molecular flexibility index (Phi) is 5.84. The van der Waals surface area contributed by atoms with Crippen LogP contribution < -0.4 is 0 Å². The fourth-order valence-corrected chi connectivity index (χ4v) is 3.89. The molecule has 0 spiro atoms. The fraction of sp³-hybridized carbons (Fsp3) is 0.375. The number of benzene rings is 1. The number of carbonyl (C=O) groups excluding carboxylic acids is 1. The number of nitrogens with one attached hydrogen (secondary N) is 1. The van der Waals surface area contributed by atoms with Gasteiger partial charge in [-0.05, 0) is 51.0 Å². The lowest BCUT2D eigenvalue weighted by Gasteiger charge is -2.20. The number of aromatic amines is 1. The molecule has 4 rings (SSSR count). The zero-order valence-electron chi connectivity index (χ0n) is 18.0. The van der Waals surface area contributed by atoms with E-state index in [-0.39, 0.29) is 5.91 Å². The standard InChI is InChI=1S/C24H29N5O/c1-4-17(2)9-12-22-25-16-20(26-22)23-19-11-10-18(15-21(19)28(3)27-23)24(30)29-13-7-5-6-8-14-29/h4,9-12,15-16H,5-8,13-14H2,1-3H3,(H,25,26)/b12-9-,17-4-. The number of nitrogens with zero attached hydrogens (tertiary/aromatic N) is 4. The van der Waals surface area contributed by atoms with Crippen molar-refractivity contribution in [1.82, 2.24) is 24.6 Å². The predicted octanol–water partition coefficient (Wildman–Crippen LogP) is 4.96. The SMILES string of the molecule is C/C=C(C)\C=C/c1ncc(-c2nn(C)c3cc(C(=O)N4CCCCCC4)ccc23)[nH]1. The van der Waals surface area contributed by atoms with Crippen molar-refractivity contribution in [2.45, 2.75) is 39.5 Å². The van der Waals surface area contributed by atoms with E-state index < -0.39 is 0 Å². The smallest absolute Gasteiger partial charge is 0.253 e. The Bertz CT molecular complexity index is 1110. The average Bonchev–Trinajstić information content (AvgIpc) is 3.25. The molecule has 0 atom stereocenters. The van der Waals surface area contributed by atoms with Gasteiger partial charge >= 0.3 is 0 Å². The Morgan fingerprint density at radius 2 is 1.93 bits per heavy atom. The molecule has 1 saturated heterocycles. The van der Waals surface area contributed by atoms with E-state index in [1.807, 2.05) is 60.1 Å². The van der Waals surface area contributed by atoms with Gasteiger partial charge in [-0.1, -0.05) is 30.6 Å². The summed E-state index contributed by atoms with van der Waals surface area (Å²) in [5, 5.41) is 5.71. The first-order valence-electron chi connectivity index (χ1n) is 10.7. The molecule has 3 aromatic rings. The lowest BCUT2D eigenvalue weighted by Crippen LogP contribution is -2.31. The molecule has 3 heterocycles. The summed E-state index contributed by atoms with van der Waals surface area (Å²) in [5.74, 6) is 0.910. The number of fused-ring (bicyclic) bond motifs is 1. The number of aryl methyl sites for hydroxylation is 1. The minimum atomic E-state index is 0.120. The Morgan fingerprint density at radius 3 is 2.67 bits per heavy atom. The van der Waals surface area contributed by atoms with E-state index in [0.717, 1.165) is 59.6 Å². The van der Waals surface area contributed by atoms with Gasteiger partial charge in [0.2, 0.25) is 0 Å². The van der Waals surface area contributed by atoms with Crippen molar-refractivity contribution in [3.8, 4) is 11.4 Å². The minimum absolute atomic E-state index is 0.120. The molecule has 2 aromatic heterocycles. The van der Waals surface area contributed by atoms with Gasteiger partial charge in [-0.25, -0.2) is 4.98 Å². The van der Waals surface area contributed by atoms with Gasteiger partial charge in [0.25, 0.3) is 5.91 Å². The second kappa shape index (κ2) is 8.69. The van der Waals surface area contributed by atoms with E-state index in [4.69, 9.17) is 5.10 Å². The molecule has 0 radical (unpaired) electrons. The van der Waals surface area contributed by atoms with E-state index in [0.29, 0.717) is 0 Å². The summed E-state index contributed by atoms with van der Waals surface area (Å²) in [6.07, 6.45) is 12.5. The minimum Gasteiger partial charge on any atom is -0.339 e. The van der Waals surface area contributed by atoms with Crippen molar-refractivity contribution >= 4 is 22.9 Å². The number of allylic oxidation sites excluding steroid dienone is 3. The van der Waals surface area contributed by atoms with Crippen LogP contribution in [-0.2, 0) is 7.05 Å². The molecule has 6 heteroatoms. The Hall–Kier alpha value is -3.15. The van der Waals surface area contributed by atoms with Crippen LogP contribution >= 0.6 is 0 Å². The topological polar surface area (TPSA) is 66.8 Å². The highest BCUT2D eigenvalue weighted by molar-refractivity contribution is 6.00. The number of aromatic nitrogens is 4. The number of amides is 1. The summed E-state index contributed by atoms with van der Waals surface area (Å²) in [7, 11) is 1.92. The molecule has 1 amide bonds. The van der Waals surface area contributed by atoms with Gasteiger partial charge < -0.3 is 9.88 Å². The van der Waals surface area contributed by atoms with Crippen molar-refractivity contribution in [3.63, 3.8) is 0 Å². The molecule has 6 nitrogen and oxygen atoms in total. The number of imidazole rings is 1. The zero-order chi connectivity index (χ0) is 21.1. The molecule has 1 aliphatic heterocycles. The molecule has 156 valence electrons. The van der Waals surface area contributed by atoms with Gasteiger partial charge in [0.15, 0.2) is 0 Å². The number of carbonyl (C=O) groups is 1. The van der Waals surface area contributed by atoms with Crippen LogP contribution in [0, 0.1) is 0 Å². The number of likely N-dealkylation sites (tertiary alicyclic amines) is 1. The van der Waals surface area contributed by atoms with E-state index in [1.54, 1.807) is 0 Å². The average molecular weight is 404 g/mol. The van der Waals surface area contributed by atoms with Gasteiger partial charge in [-0.3, -0.25) is 9.48 Å². The number of hydrogen-bond donors (Lipinski definition) is 1. The lowest BCUT2D eigenvalue weighted by molar-refractivity contribution is 0.0762. The Morgan fingerprint density at radius 1 is 1.17 bits per heavy atom. The maximum absolute atomic E-state index is 13.0. The maximum atomic E-state index is 13.0. The Labute approximate surface area is 177 Å². The van der Waals surface area contributed by atoms with Crippen molar-refractivity contribution in [2.75, 3.05) is 13.1 Å². The van der Waals surface area contributed by atoms with E-state index in [2.05, 4.69) is 23.0 Å². The zero-order valence-corrected chi connectivity index (χ0v) is 18.0. The molecular weight excluding hydrogens is 374 g/mol. The molecule has 1 aromatic carbocycles. The quantitative estimate of drug-likeness (QED) is 0.626. The third-order valence-electron chi connectivity index (χ3n) is 5.80. The number of rotatable bonds is 4. The van der Waals surface area contributed by atoms with Crippen molar-refractivity contribution in [1.29, 1.82) is 0 Å². The number of H-pyrrole nitrogens is 1. The molecule has 0 unspecified atom stereocenters. The van der Waals surface area contributed by atoms with Crippen molar-refractivity contribution < 1.29 is 4.79 Å². The Balaban J connectivity index is 1.63.